The van der Waals surface area contributed by atoms with E-state index in [9.17, 15) is 4.79 Å². The van der Waals surface area contributed by atoms with Gasteiger partial charge in [0.1, 0.15) is 0 Å². The lowest BCUT2D eigenvalue weighted by Crippen LogP contribution is -2.20. The van der Waals surface area contributed by atoms with Gasteiger partial charge in [0.2, 0.25) is 0 Å². The van der Waals surface area contributed by atoms with E-state index in [1.54, 1.807) is 0 Å². The van der Waals surface area contributed by atoms with Crippen molar-refractivity contribution in [1.29, 1.82) is 0 Å². The summed E-state index contributed by atoms with van der Waals surface area (Å²) in [4.78, 5) is 12.5. The minimum absolute atomic E-state index is 0.0698. The highest BCUT2D eigenvalue weighted by Crippen LogP contribution is 2.23. The smallest absolute Gasteiger partial charge is 0.308 e. The SMILES string of the molecule is CCCCCCCCCCCCCCC(CCCCCCCCCCCC)CC(=O)OC(C)OCCC. The van der Waals surface area contributed by atoms with E-state index in [2.05, 4.69) is 20.8 Å². The van der Waals surface area contributed by atoms with E-state index >= 15 is 0 Å². The number of carbonyl (C=O) groups excluding carboxylic acids is 1. The molecule has 0 aliphatic rings. The standard InChI is InChI=1S/C34H68O3/c1-5-8-10-12-14-16-18-19-21-23-25-27-29-33(31-34(35)37-32(4)36-30-7-3)28-26-24-22-20-17-15-13-11-9-6-2/h32-33H,5-31H2,1-4H3. The predicted molar refractivity (Wildman–Crippen MR) is 162 cm³/mol. The van der Waals surface area contributed by atoms with E-state index in [4.69, 9.17) is 9.47 Å². The van der Waals surface area contributed by atoms with Crippen LogP contribution in [0.5, 0.6) is 0 Å². The van der Waals surface area contributed by atoms with Crippen LogP contribution in [-0.2, 0) is 14.3 Å². The Morgan fingerprint density at radius 3 is 1.22 bits per heavy atom. The van der Waals surface area contributed by atoms with Crippen LogP contribution in [0.1, 0.15) is 195 Å². The quantitative estimate of drug-likeness (QED) is 0.0532. The van der Waals surface area contributed by atoms with Crippen LogP contribution in [0.3, 0.4) is 0 Å². The van der Waals surface area contributed by atoms with E-state index in [1.807, 2.05) is 6.92 Å². The van der Waals surface area contributed by atoms with Gasteiger partial charge >= 0.3 is 5.97 Å². The van der Waals surface area contributed by atoms with Gasteiger partial charge in [0, 0.05) is 6.42 Å². The second-order valence-electron chi connectivity index (χ2n) is 11.6. The lowest BCUT2D eigenvalue weighted by Gasteiger charge is -2.19. The summed E-state index contributed by atoms with van der Waals surface area (Å²) in [5.74, 6) is 0.405. The summed E-state index contributed by atoms with van der Waals surface area (Å²) in [5.41, 5.74) is 0. The van der Waals surface area contributed by atoms with Crippen LogP contribution in [0.2, 0.25) is 0 Å². The average Bonchev–Trinajstić information content (AvgIpc) is 2.88. The zero-order chi connectivity index (χ0) is 27.2. The summed E-state index contributed by atoms with van der Waals surface area (Å²) < 4.78 is 11.1. The number of esters is 1. The molecule has 3 heteroatoms. The Bertz CT molecular complexity index is 450. The molecule has 0 rings (SSSR count). The molecule has 0 aromatic rings. The maximum absolute atomic E-state index is 12.5. The monoisotopic (exact) mass is 525 g/mol. The Kier molecular flexibility index (Phi) is 29.5. The fraction of sp³-hybridized carbons (Fsp3) is 0.971. The summed E-state index contributed by atoms with van der Waals surface area (Å²) in [6, 6.07) is 0. The van der Waals surface area contributed by atoms with Gasteiger partial charge in [-0.25, -0.2) is 0 Å². The highest BCUT2D eigenvalue weighted by molar-refractivity contribution is 5.69. The van der Waals surface area contributed by atoms with Gasteiger partial charge in [-0.3, -0.25) is 4.79 Å². The summed E-state index contributed by atoms with van der Waals surface area (Å²) in [6.07, 6.45) is 33.7. The van der Waals surface area contributed by atoms with Crippen LogP contribution in [0.15, 0.2) is 0 Å². The highest BCUT2D eigenvalue weighted by Gasteiger charge is 2.17. The summed E-state index contributed by atoms with van der Waals surface area (Å²) in [6.45, 7) is 9.14. The van der Waals surface area contributed by atoms with Crippen molar-refractivity contribution in [2.75, 3.05) is 6.61 Å². The molecule has 0 aromatic carbocycles. The van der Waals surface area contributed by atoms with E-state index in [0.29, 0.717) is 18.9 Å². The third kappa shape index (κ3) is 28.3. The molecule has 0 N–H and O–H groups in total. The zero-order valence-electron chi connectivity index (χ0n) is 26.0. The molecule has 3 nitrogen and oxygen atoms in total. The zero-order valence-corrected chi connectivity index (χ0v) is 26.0. The fourth-order valence-corrected chi connectivity index (χ4v) is 5.33. The molecule has 0 amide bonds. The molecule has 0 fully saturated rings. The van der Waals surface area contributed by atoms with Crippen LogP contribution in [-0.4, -0.2) is 18.9 Å². The van der Waals surface area contributed by atoms with E-state index in [1.165, 1.54) is 154 Å². The van der Waals surface area contributed by atoms with Crippen molar-refractivity contribution in [2.24, 2.45) is 5.92 Å². The summed E-state index contributed by atoms with van der Waals surface area (Å²) in [7, 11) is 0. The van der Waals surface area contributed by atoms with Crippen LogP contribution in [0, 0.1) is 5.92 Å². The molecule has 0 bridgehead atoms. The third-order valence-electron chi connectivity index (χ3n) is 7.74. The normalized spacial score (nSPS) is 13.1. The van der Waals surface area contributed by atoms with Crippen LogP contribution in [0.4, 0.5) is 0 Å². The molecule has 2 unspecified atom stereocenters. The fourth-order valence-electron chi connectivity index (χ4n) is 5.33. The molecule has 0 radical (unpaired) electrons. The Labute approximate surface area is 233 Å². The van der Waals surface area contributed by atoms with E-state index < -0.39 is 6.29 Å². The van der Waals surface area contributed by atoms with Gasteiger partial charge in [0.05, 0.1) is 6.61 Å². The number of carbonyl (C=O) groups is 1. The molecular weight excluding hydrogens is 456 g/mol. The maximum atomic E-state index is 12.5. The largest absolute Gasteiger partial charge is 0.436 e. The predicted octanol–water partition coefficient (Wildman–Crippen LogP) is 11.7. The molecule has 0 aromatic heterocycles. The minimum Gasteiger partial charge on any atom is -0.436 e. The number of hydrogen-bond acceptors (Lipinski definition) is 3. The van der Waals surface area contributed by atoms with Gasteiger partial charge < -0.3 is 9.47 Å². The molecule has 0 saturated heterocycles. The van der Waals surface area contributed by atoms with Crippen molar-refractivity contribution in [3.05, 3.63) is 0 Å². The first-order valence-electron chi connectivity index (χ1n) is 16.9. The van der Waals surface area contributed by atoms with Gasteiger partial charge in [-0.05, 0) is 32.1 Å². The second-order valence-corrected chi connectivity index (χ2v) is 11.6. The molecule has 0 heterocycles. The Morgan fingerprint density at radius 2 is 0.865 bits per heavy atom. The number of ether oxygens (including phenoxy) is 2. The van der Waals surface area contributed by atoms with Crippen molar-refractivity contribution < 1.29 is 14.3 Å². The van der Waals surface area contributed by atoms with Crippen molar-refractivity contribution >= 4 is 5.97 Å². The first kappa shape index (κ1) is 36.4. The first-order chi connectivity index (χ1) is 18.1. The first-order valence-corrected chi connectivity index (χ1v) is 16.9. The number of hydrogen-bond donors (Lipinski definition) is 0. The summed E-state index contributed by atoms with van der Waals surface area (Å²) >= 11 is 0. The van der Waals surface area contributed by atoms with Crippen LogP contribution in [0.25, 0.3) is 0 Å². The van der Waals surface area contributed by atoms with Crippen LogP contribution >= 0.6 is 0 Å². The maximum Gasteiger partial charge on any atom is 0.308 e. The van der Waals surface area contributed by atoms with Crippen molar-refractivity contribution in [3.63, 3.8) is 0 Å². The molecule has 37 heavy (non-hydrogen) atoms. The molecular formula is C34H68O3. The lowest BCUT2D eigenvalue weighted by molar-refractivity contribution is -0.175. The van der Waals surface area contributed by atoms with E-state index in [0.717, 1.165) is 6.42 Å². The van der Waals surface area contributed by atoms with Gasteiger partial charge in [-0.15, -0.1) is 0 Å². The Morgan fingerprint density at radius 1 is 0.514 bits per heavy atom. The van der Waals surface area contributed by atoms with E-state index in [-0.39, 0.29) is 5.97 Å². The lowest BCUT2D eigenvalue weighted by atomic mass is 9.91. The number of unbranched alkanes of at least 4 members (excludes halogenated alkanes) is 20. The van der Waals surface area contributed by atoms with Gasteiger partial charge in [0.15, 0.2) is 6.29 Å². The van der Waals surface area contributed by atoms with Crippen molar-refractivity contribution in [2.45, 2.75) is 201 Å². The molecule has 2 atom stereocenters. The average molecular weight is 525 g/mol. The molecule has 0 spiro atoms. The Balaban J connectivity index is 4.05. The third-order valence-corrected chi connectivity index (χ3v) is 7.74. The molecule has 0 saturated carbocycles. The van der Waals surface area contributed by atoms with Gasteiger partial charge in [0.25, 0.3) is 0 Å². The Hall–Kier alpha value is -0.570. The molecule has 222 valence electrons. The topological polar surface area (TPSA) is 35.5 Å². The van der Waals surface area contributed by atoms with Crippen molar-refractivity contribution in [3.8, 4) is 0 Å². The van der Waals surface area contributed by atoms with Crippen LogP contribution < -0.4 is 0 Å². The second kappa shape index (κ2) is 30.0. The minimum atomic E-state index is -0.419. The highest BCUT2D eigenvalue weighted by atomic mass is 16.7. The van der Waals surface area contributed by atoms with Gasteiger partial charge in [-0.2, -0.15) is 0 Å². The summed E-state index contributed by atoms with van der Waals surface area (Å²) in [5, 5.41) is 0. The van der Waals surface area contributed by atoms with Crippen molar-refractivity contribution in [1.82, 2.24) is 0 Å². The van der Waals surface area contributed by atoms with Gasteiger partial charge in [-0.1, -0.05) is 162 Å². The molecule has 0 aliphatic heterocycles. The molecule has 0 aliphatic carbocycles. The number of rotatable bonds is 30.